The molecule has 236 valence electrons. The van der Waals surface area contributed by atoms with E-state index >= 15 is 0 Å². The van der Waals surface area contributed by atoms with Crippen molar-refractivity contribution in [2.24, 2.45) is 5.92 Å². The second-order valence-corrected chi connectivity index (χ2v) is 13.0. The lowest BCUT2D eigenvalue weighted by Crippen LogP contribution is -2.31. The number of aryl methyl sites for hydroxylation is 1. The maximum Gasteiger partial charge on any atom is 0.416 e. The Morgan fingerprint density at radius 3 is 2.11 bits per heavy atom. The molecule has 4 rings (SSSR count). The van der Waals surface area contributed by atoms with Gasteiger partial charge in [-0.3, -0.25) is 4.79 Å². The van der Waals surface area contributed by atoms with E-state index in [4.69, 9.17) is 0 Å². The van der Waals surface area contributed by atoms with Crippen LogP contribution < -0.4 is 4.90 Å². The van der Waals surface area contributed by atoms with E-state index in [9.17, 15) is 36.2 Å². The average Bonchev–Trinajstić information content (AvgIpc) is 3.12. The molecule has 0 spiro atoms. The molecule has 0 atom stereocenters. The van der Waals surface area contributed by atoms with Crippen molar-refractivity contribution in [3.8, 4) is 0 Å². The SMILES string of the molecule is C=C(/C=C1\C(=O)C(/C=C2\N(CCC(C)C)c3cccc(C(F)(F)F)c3C2(C)C)=C1O)C(C)(C)c1c(C)cccc1C(F)(F)F. The molecule has 1 aliphatic heterocycles. The van der Waals surface area contributed by atoms with Crippen LogP contribution in [0.3, 0.4) is 0 Å². The summed E-state index contributed by atoms with van der Waals surface area (Å²) < 4.78 is 84.0. The summed E-state index contributed by atoms with van der Waals surface area (Å²) in [5.41, 5.74) is -2.65. The highest BCUT2D eigenvalue weighted by Gasteiger charge is 2.48. The Balaban J connectivity index is 1.79. The molecule has 0 radical (unpaired) electrons. The lowest BCUT2D eigenvalue weighted by molar-refractivity contribution is -0.139. The summed E-state index contributed by atoms with van der Waals surface area (Å²) in [5, 5.41) is 11.0. The number of Topliss-reactive ketones (excluding diaryl/α,β-unsaturated/α-hetero) is 1. The molecule has 1 N–H and O–H groups in total. The first-order valence-electron chi connectivity index (χ1n) is 14.4. The summed E-state index contributed by atoms with van der Waals surface area (Å²) in [7, 11) is 0. The molecule has 1 aliphatic carbocycles. The summed E-state index contributed by atoms with van der Waals surface area (Å²) in [4.78, 5) is 15.2. The quantitative estimate of drug-likeness (QED) is 0.248. The van der Waals surface area contributed by atoms with Crippen LogP contribution in [-0.4, -0.2) is 17.4 Å². The molecular formula is C35H37F6NO2. The van der Waals surface area contributed by atoms with Crippen LogP contribution in [0.25, 0.3) is 0 Å². The predicted molar refractivity (Wildman–Crippen MR) is 160 cm³/mol. The summed E-state index contributed by atoms with van der Waals surface area (Å²) in [5.74, 6) is -0.701. The minimum absolute atomic E-state index is 0.0127. The molecular weight excluding hydrogens is 580 g/mol. The molecule has 2 aliphatic rings. The molecule has 0 amide bonds. The van der Waals surface area contributed by atoms with Crippen molar-refractivity contribution < 1.29 is 36.2 Å². The fourth-order valence-electron chi connectivity index (χ4n) is 6.24. The Labute approximate surface area is 254 Å². The molecule has 0 saturated heterocycles. The maximum absolute atomic E-state index is 14.1. The predicted octanol–water partition coefficient (Wildman–Crippen LogP) is 9.92. The minimum atomic E-state index is -4.61. The third-order valence-corrected chi connectivity index (χ3v) is 8.73. The molecule has 44 heavy (non-hydrogen) atoms. The van der Waals surface area contributed by atoms with Crippen LogP contribution in [-0.2, 0) is 28.0 Å². The zero-order chi connectivity index (χ0) is 33.2. The first-order chi connectivity index (χ1) is 20.1. The van der Waals surface area contributed by atoms with Crippen molar-refractivity contribution in [3.05, 3.63) is 111 Å². The number of benzene rings is 2. The van der Waals surface area contributed by atoms with Gasteiger partial charge in [0.05, 0.1) is 22.3 Å². The second-order valence-electron chi connectivity index (χ2n) is 13.0. The second kappa shape index (κ2) is 11.0. The summed E-state index contributed by atoms with van der Waals surface area (Å²) in [6.07, 6.45) is -5.81. The number of anilines is 1. The van der Waals surface area contributed by atoms with E-state index in [1.807, 2.05) is 13.8 Å². The number of carbonyl (C=O) groups excluding carboxylic acids is 1. The third kappa shape index (κ3) is 5.61. The van der Waals surface area contributed by atoms with Gasteiger partial charge in [-0.15, -0.1) is 0 Å². The molecule has 0 bridgehead atoms. The largest absolute Gasteiger partial charge is 0.506 e. The van der Waals surface area contributed by atoms with Gasteiger partial charge < -0.3 is 10.0 Å². The number of hydrogen-bond donors (Lipinski definition) is 1. The molecule has 2 aromatic carbocycles. The minimum Gasteiger partial charge on any atom is -0.506 e. The van der Waals surface area contributed by atoms with E-state index < -0.39 is 40.1 Å². The number of halogens is 6. The molecule has 0 saturated carbocycles. The van der Waals surface area contributed by atoms with Crippen LogP contribution in [0.4, 0.5) is 32.0 Å². The highest BCUT2D eigenvalue weighted by Crippen LogP contribution is 2.53. The molecule has 1 heterocycles. The number of hydrogen-bond acceptors (Lipinski definition) is 3. The normalized spacial score (nSPS) is 18.9. The zero-order valence-electron chi connectivity index (χ0n) is 25.9. The number of rotatable bonds is 7. The van der Waals surface area contributed by atoms with Gasteiger partial charge in [-0.05, 0) is 71.9 Å². The van der Waals surface area contributed by atoms with Crippen LogP contribution in [0.15, 0.2) is 83.3 Å². The highest BCUT2D eigenvalue weighted by molar-refractivity contribution is 6.21. The van der Waals surface area contributed by atoms with E-state index in [1.165, 1.54) is 24.3 Å². The Bertz CT molecular complexity index is 1620. The van der Waals surface area contributed by atoms with E-state index in [-0.39, 0.29) is 39.5 Å². The number of carbonyl (C=O) groups is 1. The summed E-state index contributed by atoms with van der Waals surface area (Å²) in [6.45, 7) is 16.4. The Morgan fingerprint density at radius 2 is 1.57 bits per heavy atom. The van der Waals surface area contributed by atoms with Crippen LogP contribution in [0.1, 0.15) is 75.8 Å². The lowest BCUT2D eigenvalue weighted by Gasteiger charge is -2.32. The van der Waals surface area contributed by atoms with Crippen LogP contribution in [0.5, 0.6) is 0 Å². The molecule has 0 aromatic heterocycles. The monoisotopic (exact) mass is 617 g/mol. The number of allylic oxidation sites excluding steroid dienone is 6. The van der Waals surface area contributed by atoms with Gasteiger partial charge in [0.2, 0.25) is 5.78 Å². The van der Waals surface area contributed by atoms with Gasteiger partial charge in [0, 0.05) is 28.8 Å². The number of nitrogens with zero attached hydrogens (tertiary/aromatic N) is 1. The van der Waals surface area contributed by atoms with Gasteiger partial charge in [-0.2, -0.15) is 26.3 Å². The van der Waals surface area contributed by atoms with E-state index in [2.05, 4.69) is 6.58 Å². The highest BCUT2D eigenvalue weighted by atomic mass is 19.4. The van der Waals surface area contributed by atoms with Crippen LogP contribution in [0.2, 0.25) is 0 Å². The van der Waals surface area contributed by atoms with Crippen molar-refractivity contribution >= 4 is 11.5 Å². The average molecular weight is 618 g/mol. The number of aliphatic hydroxyl groups excluding tert-OH is 1. The molecule has 3 nitrogen and oxygen atoms in total. The topological polar surface area (TPSA) is 40.5 Å². The fourth-order valence-corrected chi connectivity index (χ4v) is 6.24. The van der Waals surface area contributed by atoms with Gasteiger partial charge in [-0.25, -0.2) is 0 Å². The lowest BCUT2D eigenvalue weighted by atomic mass is 9.72. The summed E-state index contributed by atoms with van der Waals surface area (Å²) in [6, 6.07) is 7.93. The van der Waals surface area contributed by atoms with E-state index in [0.29, 0.717) is 29.9 Å². The first-order valence-corrected chi connectivity index (χ1v) is 14.4. The van der Waals surface area contributed by atoms with Crippen molar-refractivity contribution in [2.75, 3.05) is 11.4 Å². The summed E-state index contributed by atoms with van der Waals surface area (Å²) >= 11 is 0. The van der Waals surface area contributed by atoms with Gasteiger partial charge in [0.25, 0.3) is 0 Å². The van der Waals surface area contributed by atoms with E-state index in [1.54, 1.807) is 51.7 Å². The molecule has 0 unspecified atom stereocenters. The van der Waals surface area contributed by atoms with Crippen molar-refractivity contribution in [1.29, 1.82) is 0 Å². The maximum atomic E-state index is 14.1. The van der Waals surface area contributed by atoms with Gasteiger partial charge in [0.15, 0.2) is 0 Å². The van der Waals surface area contributed by atoms with Crippen molar-refractivity contribution in [2.45, 2.75) is 78.1 Å². The first kappa shape index (κ1) is 33.1. The van der Waals surface area contributed by atoms with E-state index in [0.717, 1.165) is 12.1 Å². The number of ketones is 1. The standard InChI is InChI=1S/C35H37F6NO2/c1-19(2)15-16-42-26-14-10-13-25(35(39,40)41)29(26)33(7,8)27(42)18-23-30(43)22(31(23)44)17-21(4)32(5,6)28-20(3)11-9-12-24(28)34(36,37)38/h9-14,17-19,43H,4,15-16H2,1-3,5-8H3/b22-17-,27-18-. The van der Waals surface area contributed by atoms with Gasteiger partial charge in [-0.1, -0.05) is 66.3 Å². The fraction of sp³-hybridized carbons (Fsp3) is 0.400. The van der Waals surface area contributed by atoms with Gasteiger partial charge in [0.1, 0.15) is 5.76 Å². The zero-order valence-corrected chi connectivity index (χ0v) is 25.9. The van der Waals surface area contributed by atoms with Crippen LogP contribution in [0, 0.1) is 12.8 Å². The number of alkyl halides is 6. The van der Waals surface area contributed by atoms with Gasteiger partial charge >= 0.3 is 12.4 Å². The number of aliphatic hydroxyl groups is 1. The van der Waals surface area contributed by atoms with Crippen LogP contribution >= 0.6 is 0 Å². The third-order valence-electron chi connectivity index (χ3n) is 8.73. The number of fused-ring (bicyclic) bond motifs is 1. The molecule has 2 aromatic rings. The Morgan fingerprint density at radius 1 is 1.00 bits per heavy atom. The Kier molecular flexibility index (Phi) is 8.29. The van der Waals surface area contributed by atoms with Crippen molar-refractivity contribution in [1.82, 2.24) is 0 Å². The smallest absolute Gasteiger partial charge is 0.416 e. The van der Waals surface area contributed by atoms with Crippen molar-refractivity contribution in [3.63, 3.8) is 0 Å². The molecule has 9 heteroatoms. The molecule has 0 fully saturated rings. The Hall–Kier alpha value is -3.75.